The lowest BCUT2D eigenvalue weighted by Crippen LogP contribution is -2.43. The van der Waals surface area contributed by atoms with Crippen molar-refractivity contribution in [3.63, 3.8) is 0 Å². The lowest BCUT2D eigenvalue weighted by Gasteiger charge is -2.23. The molecule has 0 aliphatic carbocycles. The molecule has 0 aromatic heterocycles. The first-order valence-corrected chi connectivity index (χ1v) is 7.24. The van der Waals surface area contributed by atoms with Crippen molar-refractivity contribution in [1.29, 1.82) is 5.26 Å². The summed E-state index contributed by atoms with van der Waals surface area (Å²) in [5.74, 6) is -1.43. The van der Waals surface area contributed by atoms with Gasteiger partial charge in [-0.1, -0.05) is 30.3 Å². The van der Waals surface area contributed by atoms with Crippen LogP contribution in [0.25, 0.3) is 0 Å². The zero-order valence-electron chi connectivity index (χ0n) is 12.5. The molecular formula is C18H14N2O3. The van der Waals surface area contributed by atoms with E-state index in [-0.39, 0.29) is 6.61 Å². The van der Waals surface area contributed by atoms with Crippen molar-refractivity contribution < 1.29 is 14.3 Å². The van der Waals surface area contributed by atoms with E-state index in [1.165, 1.54) is 0 Å². The molecule has 0 radical (unpaired) electrons. The van der Waals surface area contributed by atoms with Gasteiger partial charge < -0.3 is 10.1 Å². The number of Topliss-reactive ketones (excluding diaryl/α,β-unsaturated/α-hetero) is 1. The predicted octanol–water partition coefficient (Wildman–Crippen LogP) is 2.95. The first-order chi connectivity index (χ1) is 11.1. The number of benzene rings is 2. The summed E-state index contributed by atoms with van der Waals surface area (Å²) in [6.45, 7) is 1.73. The Hall–Kier alpha value is -3.13. The zero-order chi connectivity index (χ0) is 16.4. The maximum atomic E-state index is 13.1. The number of nitriles is 1. The quantitative estimate of drug-likeness (QED) is 0.681. The molecule has 0 bridgehead atoms. The molecule has 23 heavy (non-hydrogen) atoms. The molecule has 3 rings (SSSR count). The number of fused-ring (bicyclic) bond motifs is 2. The van der Waals surface area contributed by atoms with Gasteiger partial charge in [-0.05, 0) is 25.1 Å². The fourth-order valence-corrected chi connectivity index (χ4v) is 2.78. The SMILES string of the molecule is CCOC(=O)C1(C#N)C(=O)c2ccccc2Nc2ccccc21. The highest BCUT2D eigenvalue weighted by atomic mass is 16.5. The average molecular weight is 306 g/mol. The molecule has 1 atom stereocenters. The molecule has 0 saturated heterocycles. The van der Waals surface area contributed by atoms with Gasteiger partial charge in [0.05, 0.1) is 12.7 Å². The highest BCUT2D eigenvalue weighted by Crippen LogP contribution is 2.40. The van der Waals surface area contributed by atoms with Crippen LogP contribution in [0.4, 0.5) is 11.4 Å². The first kappa shape index (κ1) is 14.8. The summed E-state index contributed by atoms with van der Waals surface area (Å²) in [6.07, 6.45) is 0. The van der Waals surface area contributed by atoms with Gasteiger partial charge in [0.1, 0.15) is 0 Å². The van der Waals surface area contributed by atoms with E-state index in [0.29, 0.717) is 22.5 Å². The van der Waals surface area contributed by atoms with Gasteiger partial charge in [0.15, 0.2) is 0 Å². The van der Waals surface area contributed by atoms with E-state index in [1.807, 2.05) is 6.07 Å². The highest BCUT2D eigenvalue weighted by molar-refractivity contribution is 6.23. The van der Waals surface area contributed by atoms with Gasteiger partial charge in [-0.15, -0.1) is 0 Å². The van der Waals surface area contributed by atoms with Crippen molar-refractivity contribution in [3.05, 3.63) is 59.7 Å². The van der Waals surface area contributed by atoms with Crippen LogP contribution in [0.5, 0.6) is 0 Å². The minimum atomic E-state index is -2.01. The topological polar surface area (TPSA) is 79.2 Å². The number of ether oxygens (including phenoxy) is 1. The van der Waals surface area contributed by atoms with Gasteiger partial charge in [-0.2, -0.15) is 5.26 Å². The van der Waals surface area contributed by atoms with Gasteiger partial charge >= 0.3 is 5.97 Å². The van der Waals surface area contributed by atoms with Crippen LogP contribution in [-0.2, 0) is 14.9 Å². The fraction of sp³-hybridized carbons (Fsp3) is 0.167. The van der Waals surface area contributed by atoms with Gasteiger partial charge in [-0.3, -0.25) is 4.79 Å². The van der Waals surface area contributed by atoms with Crippen LogP contribution in [0.15, 0.2) is 48.5 Å². The van der Waals surface area contributed by atoms with Crippen LogP contribution in [0.3, 0.4) is 0 Å². The van der Waals surface area contributed by atoms with Crippen LogP contribution < -0.4 is 5.32 Å². The Morgan fingerprint density at radius 1 is 1.17 bits per heavy atom. The molecule has 2 aromatic rings. The summed E-state index contributed by atoms with van der Waals surface area (Å²) in [5, 5.41) is 12.9. The molecule has 1 heterocycles. The minimum absolute atomic E-state index is 0.0901. The summed E-state index contributed by atoms with van der Waals surface area (Å²) in [5.41, 5.74) is -0.307. The average Bonchev–Trinajstić information content (AvgIpc) is 2.68. The van der Waals surface area contributed by atoms with E-state index in [1.54, 1.807) is 55.5 Å². The Morgan fingerprint density at radius 3 is 2.52 bits per heavy atom. The lowest BCUT2D eigenvalue weighted by atomic mass is 9.75. The summed E-state index contributed by atoms with van der Waals surface area (Å²) < 4.78 is 5.06. The van der Waals surface area contributed by atoms with Crippen molar-refractivity contribution in [2.45, 2.75) is 12.3 Å². The van der Waals surface area contributed by atoms with Crippen LogP contribution in [-0.4, -0.2) is 18.4 Å². The Bertz CT molecular complexity index is 838. The number of anilines is 2. The standard InChI is InChI=1S/C18H14N2O3/c1-2-23-17(22)18(11-19)13-8-4-6-10-15(13)20-14-9-5-3-7-12(14)16(18)21/h3-10,20H,2H2,1H3. The molecule has 0 amide bonds. The molecule has 1 N–H and O–H groups in total. The third kappa shape index (κ3) is 2.08. The van der Waals surface area contributed by atoms with E-state index in [4.69, 9.17) is 4.74 Å². The molecule has 0 saturated carbocycles. The number of para-hydroxylation sites is 2. The van der Waals surface area contributed by atoms with Crippen LogP contribution >= 0.6 is 0 Å². The molecule has 5 nitrogen and oxygen atoms in total. The van der Waals surface area contributed by atoms with Crippen molar-refractivity contribution in [2.24, 2.45) is 0 Å². The second-order valence-electron chi connectivity index (χ2n) is 5.13. The van der Waals surface area contributed by atoms with E-state index >= 15 is 0 Å². The monoisotopic (exact) mass is 306 g/mol. The van der Waals surface area contributed by atoms with Gasteiger partial charge in [0.25, 0.3) is 0 Å². The maximum Gasteiger partial charge on any atom is 0.339 e. The van der Waals surface area contributed by atoms with Crippen LogP contribution in [0, 0.1) is 11.3 Å². The number of rotatable bonds is 2. The molecular weight excluding hydrogens is 292 g/mol. The smallest absolute Gasteiger partial charge is 0.339 e. The Morgan fingerprint density at radius 2 is 1.83 bits per heavy atom. The van der Waals surface area contributed by atoms with E-state index in [9.17, 15) is 14.9 Å². The van der Waals surface area contributed by atoms with E-state index < -0.39 is 17.2 Å². The summed E-state index contributed by atoms with van der Waals surface area (Å²) >= 11 is 0. The van der Waals surface area contributed by atoms with E-state index in [2.05, 4.69) is 5.32 Å². The minimum Gasteiger partial charge on any atom is -0.464 e. The number of carbonyl (C=O) groups is 2. The summed E-state index contributed by atoms with van der Waals surface area (Å²) in [4.78, 5) is 25.7. The largest absolute Gasteiger partial charge is 0.464 e. The van der Waals surface area contributed by atoms with Crippen molar-refractivity contribution >= 4 is 23.1 Å². The fourth-order valence-electron chi connectivity index (χ4n) is 2.78. The van der Waals surface area contributed by atoms with Crippen molar-refractivity contribution in [2.75, 3.05) is 11.9 Å². The summed E-state index contributed by atoms with van der Waals surface area (Å²) in [7, 11) is 0. The molecule has 1 aliphatic rings. The van der Waals surface area contributed by atoms with Crippen molar-refractivity contribution in [3.8, 4) is 6.07 Å². The van der Waals surface area contributed by atoms with Crippen LogP contribution in [0.1, 0.15) is 22.8 Å². The second-order valence-corrected chi connectivity index (χ2v) is 5.13. The normalized spacial score (nSPS) is 18.7. The Kier molecular flexibility index (Phi) is 3.59. The Labute approximate surface area is 133 Å². The molecule has 0 spiro atoms. The third-order valence-corrected chi connectivity index (χ3v) is 3.86. The molecule has 1 unspecified atom stereocenters. The number of esters is 1. The van der Waals surface area contributed by atoms with Gasteiger partial charge in [0, 0.05) is 22.5 Å². The maximum absolute atomic E-state index is 13.1. The first-order valence-electron chi connectivity index (χ1n) is 7.24. The van der Waals surface area contributed by atoms with Crippen molar-refractivity contribution in [1.82, 2.24) is 0 Å². The summed E-state index contributed by atoms with van der Waals surface area (Å²) in [6, 6.07) is 15.5. The molecule has 5 heteroatoms. The predicted molar refractivity (Wildman–Crippen MR) is 84.4 cm³/mol. The zero-order valence-corrected chi connectivity index (χ0v) is 12.5. The molecule has 114 valence electrons. The van der Waals surface area contributed by atoms with Gasteiger partial charge in [0.2, 0.25) is 11.2 Å². The number of nitrogens with zero attached hydrogens (tertiary/aromatic N) is 1. The molecule has 0 fully saturated rings. The van der Waals surface area contributed by atoms with Gasteiger partial charge in [-0.25, -0.2) is 4.79 Å². The molecule has 1 aliphatic heterocycles. The van der Waals surface area contributed by atoms with E-state index in [0.717, 1.165) is 0 Å². The number of carbonyl (C=O) groups excluding carboxylic acids is 2. The number of hydrogen-bond donors (Lipinski definition) is 1. The molecule has 2 aromatic carbocycles. The highest BCUT2D eigenvalue weighted by Gasteiger charge is 2.53. The second kappa shape index (κ2) is 5.58. The van der Waals surface area contributed by atoms with Crippen LogP contribution in [0.2, 0.25) is 0 Å². The Balaban J connectivity index is 2.35. The third-order valence-electron chi connectivity index (χ3n) is 3.86. The number of ketones is 1. The lowest BCUT2D eigenvalue weighted by molar-refractivity contribution is -0.146. The number of hydrogen-bond acceptors (Lipinski definition) is 5. The number of nitrogens with one attached hydrogen (secondary N) is 1.